The Morgan fingerprint density at radius 3 is 1.49 bits per heavy atom. The Hall–Kier alpha value is -10.9. The second-order valence-electron chi connectivity index (χ2n) is 26.3. The molecule has 0 bridgehead atoms. The van der Waals surface area contributed by atoms with Gasteiger partial charge in [-0.15, -0.1) is 0 Å². The van der Waals surface area contributed by atoms with E-state index >= 15 is 4.79 Å². The number of fused-ring (bicyclic) bond motifs is 2. The lowest BCUT2D eigenvalue weighted by Gasteiger charge is -2.39. The Balaban J connectivity index is 1.31. The number of aryl methyl sites for hydroxylation is 5. The number of nitrogens with one attached hydrogen (secondary N) is 10. The molecular formula is C69H92N14O19. The molecule has 3 aliphatic rings. The van der Waals surface area contributed by atoms with Crippen LogP contribution < -0.4 is 64.6 Å². The first-order chi connectivity index (χ1) is 48.2. The Morgan fingerprint density at radius 1 is 0.539 bits per heavy atom. The molecule has 552 valence electrons. The molecular weight excluding hydrogens is 1330 g/mol. The molecule has 33 nitrogen and oxygen atoms in total. The zero-order valence-electron chi connectivity index (χ0n) is 57.7. The average molecular weight is 1420 g/mol. The van der Waals surface area contributed by atoms with E-state index in [2.05, 4.69) is 96.4 Å². The summed E-state index contributed by atoms with van der Waals surface area (Å²) < 4.78 is 0. The first kappa shape index (κ1) is 80.1. The predicted molar refractivity (Wildman–Crippen MR) is 363 cm³/mol. The van der Waals surface area contributed by atoms with Crippen LogP contribution >= 0.6 is 0 Å². The van der Waals surface area contributed by atoms with E-state index in [-0.39, 0.29) is 50.8 Å². The maximum Gasteiger partial charge on any atom is 0.308 e. The number of carboxylic acids is 3. The minimum Gasteiger partial charge on any atom is -0.481 e. The van der Waals surface area contributed by atoms with Crippen LogP contribution in [0.4, 0.5) is 0 Å². The van der Waals surface area contributed by atoms with Crippen molar-refractivity contribution in [2.45, 2.75) is 185 Å². The number of primary amides is 1. The monoisotopic (exact) mass is 1420 g/mol. The zero-order chi connectivity index (χ0) is 75.2. The molecule has 13 amide bonds. The highest BCUT2D eigenvalue weighted by atomic mass is 16.4. The average Bonchev–Trinajstić information content (AvgIpc) is 1.20. The smallest absolute Gasteiger partial charge is 0.308 e. The van der Waals surface area contributed by atoms with Gasteiger partial charge >= 0.3 is 17.9 Å². The fourth-order valence-corrected chi connectivity index (χ4v) is 11.9. The molecule has 0 aliphatic carbocycles. The molecule has 3 heterocycles. The summed E-state index contributed by atoms with van der Waals surface area (Å²) in [6.07, 6.45) is 0.423. The minimum absolute atomic E-state index is 0.0199. The second-order valence-corrected chi connectivity index (χ2v) is 26.3. The van der Waals surface area contributed by atoms with Crippen LogP contribution in [0.25, 0.3) is 0 Å². The summed E-state index contributed by atoms with van der Waals surface area (Å²) in [4.78, 5) is 221. The lowest BCUT2D eigenvalue weighted by Crippen LogP contribution is -2.66. The molecule has 0 radical (unpaired) electrons. The van der Waals surface area contributed by atoms with Gasteiger partial charge in [0.05, 0.1) is 44.3 Å². The molecule has 0 spiro atoms. The van der Waals surface area contributed by atoms with Crippen molar-refractivity contribution in [1.29, 1.82) is 0 Å². The summed E-state index contributed by atoms with van der Waals surface area (Å²) in [5.74, 6) is -22.0. The SMILES string of the molecule is Cc1ccc(CCc2ccc(CCc3ccc(C(=O)N[C@@H](CC(N)=O)C(=O)NC4C(=O)N5CCCC[C@@H]5C(=O)N[C@@H](C(C)C(=O)O)C(=O)N[C@@H](CC(=O)O)C(=O)NCC(=O)NC(CC(=O)O)C(=O)NCC(=O)N[C@H](C(C)N)C(=O)N[C@@H](C(C)C)C(=O)N5CCC[C@H]5C(=O)N[C@@H]4C)cc3)cc2)cc1. The number of piperidine rings is 1. The van der Waals surface area contributed by atoms with E-state index < -0.39 is 205 Å². The summed E-state index contributed by atoms with van der Waals surface area (Å²) in [6, 6.07) is 4.69. The number of aliphatic carboxylic acids is 3. The van der Waals surface area contributed by atoms with Gasteiger partial charge in [0.15, 0.2) is 0 Å². The highest BCUT2D eigenvalue weighted by molar-refractivity contribution is 6.03. The van der Waals surface area contributed by atoms with Crippen molar-refractivity contribution in [3.8, 4) is 0 Å². The fraction of sp³-hybridized carbons (Fsp3) is 0.507. The topological polar surface area (TPSA) is 513 Å². The molecule has 0 aromatic heterocycles. The number of carbonyl (C=O) groups is 16. The summed E-state index contributed by atoms with van der Waals surface area (Å²) >= 11 is 0. The van der Waals surface area contributed by atoms with Crippen LogP contribution in [0.2, 0.25) is 0 Å². The largest absolute Gasteiger partial charge is 0.481 e. The van der Waals surface area contributed by atoms with E-state index in [0.717, 1.165) is 35.8 Å². The van der Waals surface area contributed by atoms with Crippen LogP contribution in [0.3, 0.4) is 0 Å². The Morgan fingerprint density at radius 2 is 0.990 bits per heavy atom. The van der Waals surface area contributed by atoms with Crippen molar-refractivity contribution in [2.75, 3.05) is 26.2 Å². The van der Waals surface area contributed by atoms with Gasteiger partial charge in [-0.25, -0.2) is 0 Å². The molecule has 12 atom stereocenters. The van der Waals surface area contributed by atoms with E-state index in [9.17, 15) is 87.2 Å². The van der Waals surface area contributed by atoms with Crippen molar-refractivity contribution in [2.24, 2.45) is 23.3 Å². The number of nitrogens with zero attached hydrogens (tertiary/aromatic N) is 2. The number of rotatable bonds is 20. The Kier molecular flexibility index (Phi) is 29.5. The van der Waals surface area contributed by atoms with Gasteiger partial charge < -0.3 is 89.8 Å². The van der Waals surface area contributed by atoms with Gasteiger partial charge in [-0.3, -0.25) is 76.7 Å². The molecule has 3 fully saturated rings. The number of hydrogen-bond donors (Lipinski definition) is 15. The zero-order valence-corrected chi connectivity index (χ0v) is 57.7. The van der Waals surface area contributed by atoms with E-state index in [1.54, 1.807) is 26.0 Å². The van der Waals surface area contributed by atoms with Crippen LogP contribution in [-0.2, 0) is 97.6 Å². The number of nitrogens with two attached hydrogens (primary N) is 2. The third-order valence-electron chi connectivity index (χ3n) is 17.9. The maximum atomic E-state index is 15.4. The lowest BCUT2D eigenvalue weighted by atomic mass is 9.96. The van der Waals surface area contributed by atoms with Crippen LogP contribution in [0.1, 0.15) is 124 Å². The van der Waals surface area contributed by atoms with Gasteiger partial charge in [0.25, 0.3) is 5.91 Å². The first-order valence-corrected chi connectivity index (χ1v) is 33.7. The van der Waals surface area contributed by atoms with Crippen molar-refractivity contribution in [3.63, 3.8) is 0 Å². The molecule has 33 heteroatoms. The highest BCUT2D eigenvalue weighted by Crippen LogP contribution is 2.24. The number of benzene rings is 3. The lowest BCUT2D eigenvalue weighted by molar-refractivity contribution is -0.149. The Labute approximate surface area is 588 Å². The van der Waals surface area contributed by atoms with Crippen LogP contribution in [0.15, 0.2) is 72.8 Å². The highest BCUT2D eigenvalue weighted by Gasteiger charge is 2.45. The molecule has 3 saturated heterocycles. The standard InChI is InChI=1S/C69H92N14O19/c1-35(2)55-67(99)83-29-9-11-49(83)63(95)74-39(6)58(81-62(94)45(30-50(71)84)76-59(91)44-26-24-43(25-27-44)23-22-42-20-18-41(19-21-42)17-16-40-14-12-36(3)13-15-40)68(100)82-28-8-7-10-48(82)64(96)80-56(37(4)69(101)102)65(97)77-47(32-54(89)90)61(93)72-33-51(85)75-46(31-53(87)88)60(92)73-34-52(86)78-57(38(5)70)66(98)79-55/h12-15,18-21,24-27,35,37-39,45-49,55-58H,7-11,16-17,22-23,28-34,70H2,1-6H3,(H2,71,84)(H,72,93)(H,73,92)(H,74,95)(H,75,85)(H,76,91)(H,77,97)(H,78,86)(H,79,98)(H,80,96)(H,81,94)(H,87,88)(H,89,90)(H,101,102)/t37?,38?,39-,45+,46?,47+,48-,49+,55+,56+,57-,58?/m1/s1. The van der Waals surface area contributed by atoms with Crippen molar-refractivity contribution >= 4 is 94.7 Å². The van der Waals surface area contributed by atoms with E-state index in [0.29, 0.717) is 12.8 Å². The van der Waals surface area contributed by atoms with E-state index in [4.69, 9.17) is 11.5 Å². The number of carboxylic acid groups (broad SMARTS) is 3. The predicted octanol–water partition coefficient (Wildman–Crippen LogP) is -2.76. The van der Waals surface area contributed by atoms with Crippen LogP contribution in [-0.4, -0.2) is 212 Å². The molecule has 3 aliphatic heterocycles. The van der Waals surface area contributed by atoms with Crippen molar-refractivity contribution in [1.82, 2.24) is 63.0 Å². The third kappa shape index (κ3) is 23.4. The van der Waals surface area contributed by atoms with Crippen molar-refractivity contribution < 1.29 is 92.0 Å². The molecule has 3 aromatic carbocycles. The number of carbonyl (C=O) groups excluding carboxylic acids is 13. The maximum absolute atomic E-state index is 15.4. The van der Waals surface area contributed by atoms with Gasteiger partial charge in [0, 0.05) is 24.7 Å². The second kappa shape index (κ2) is 37.5. The summed E-state index contributed by atoms with van der Waals surface area (Å²) in [5, 5.41) is 52.8. The van der Waals surface area contributed by atoms with E-state index in [1.807, 2.05) is 12.2 Å². The number of hydrogen-bond acceptors (Lipinski definition) is 17. The minimum atomic E-state index is -2.15. The summed E-state index contributed by atoms with van der Waals surface area (Å²) in [5.41, 5.74) is 17.5. The normalized spacial score (nSPS) is 23.6. The van der Waals surface area contributed by atoms with Gasteiger partial charge in [-0.05, 0) is 126 Å². The Bertz CT molecular complexity index is 3610. The number of amides is 13. The van der Waals surface area contributed by atoms with Crippen LogP contribution in [0.5, 0.6) is 0 Å². The summed E-state index contributed by atoms with van der Waals surface area (Å²) in [7, 11) is 0. The van der Waals surface area contributed by atoms with Gasteiger partial charge in [0.2, 0.25) is 70.9 Å². The molecule has 4 unspecified atom stereocenters. The third-order valence-corrected chi connectivity index (χ3v) is 17.9. The van der Waals surface area contributed by atoms with E-state index in [1.165, 1.54) is 47.6 Å². The molecule has 0 saturated carbocycles. The molecule has 3 aromatic rings. The van der Waals surface area contributed by atoms with Gasteiger partial charge in [0.1, 0.15) is 54.4 Å². The molecule has 6 rings (SSSR count). The van der Waals surface area contributed by atoms with Gasteiger partial charge in [-0.1, -0.05) is 80.1 Å². The van der Waals surface area contributed by atoms with Gasteiger partial charge in [-0.2, -0.15) is 0 Å². The molecule has 17 N–H and O–H groups in total. The van der Waals surface area contributed by atoms with Crippen molar-refractivity contribution in [3.05, 3.63) is 106 Å². The molecule has 102 heavy (non-hydrogen) atoms. The fourth-order valence-electron chi connectivity index (χ4n) is 11.9. The first-order valence-electron chi connectivity index (χ1n) is 33.7. The summed E-state index contributed by atoms with van der Waals surface area (Å²) in [6.45, 7) is 6.44. The van der Waals surface area contributed by atoms with Crippen LogP contribution in [0, 0.1) is 18.8 Å². The quantitative estimate of drug-likeness (QED) is 0.0545.